The second-order valence-corrected chi connectivity index (χ2v) is 23.0. The predicted octanol–water partition coefficient (Wildman–Crippen LogP) is 5.40. The monoisotopic (exact) mass is 572 g/mol. The Hall–Kier alpha value is -2.31. The van der Waals surface area contributed by atoms with Crippen LogP contribution >= 0.6 is 0 Å². The molecule has 0 aliphatic heterocycles. The van der Waals surface area contributed by atoms with E-state index in [1.165, 1.54) is 6.08 Å². The van der Waals surface area contributed by atoms with Crippen LogP contribution in [0.2, 0.25) is 38.3 Å². The molecule has 208 valence electrons. The van der Waals surface area contributed by atoms with Crippen LogP contribution in [0.4, 0.5) is 0 Å². The van der Waals surface area contributed by atoms with Crippen molar-refractivity contribution >= 4 is 47.5 Å². The second-order valence-electron chi connectivity index (χ2n) is 11.0. The van der Waals surface area contributed by atoms with Crippen molar-refractivity contribution in [1.82, 2.24) is 0 Å². The van der Waals surface area contributed by atoms with E-state index in [1.807, 2.05) is 50.2 Å². The zero-order valence-corrected chi connectivity index (χ0v) is 26.8. The molecule has 6 nitrogen and oxygen atoms in total. The number of esters is 2. The van der Waals surface area contributed by atoms with E-state index in [0.717, 1.165) is 35.3 Å². The van der Waals surface area contributed by atoms with Gasteiger partial charge in [-0.15, -0.1) is 0 Å². The lowest BCUT2D eigenvalue weighted by atomic mass is 10.2. The molecular formula is C29H44O6Si3. The van der Waals surface area contributed by atoms with Crippen molar-refractivity contribution in [2.75, 3.05) is 13.2 Å². The van der Waals surface area contributed by atoms with Crippen LogP contribution in [0.3, 0.4) is 0 Å². The van der Waals surface area contributed by atoms with Gasteiger partial charge in [-0.05, 0) is 61.5 Å². The van der Waals surface area contributed by atoms with Crippen LogP contribution in [0.1, 0.15) is 26.7 Å². The van der Waals surface area contributed by atoms with Gasteiger partial charge in [0, 0.05) is 6.08 Å². The molecule has 0 aliphatic rings. The average Bonchev–Trinajstić information content (AvgIpc) is 2.89. The van der Waals surface area contributed by atoms with E-state index in [-0.39, 0.29) is 11.9 Å². The van der Waals surface area contributed by atoms with Crippen molar-refractivity contribution in [2.24, 2.45) is 5.92 Å². The minimum absolute atomic E-state index is 0.131. The highest BCUT2D eigenvalue weighted by atomic mass is 28.5. The lowest BCUT2D eigenvalue weighted by Crippen LogP contribution is -2.70. The Kier molecular flexibility index (Phi) is 12.4. The number of carbonyl (C=O) groups is 2. The lowest BCUT2D eigenvalue weighted by molar-refractivity contribution is -0.147. The summed E-state index contributed by atoms with van der Waals surface area (Å²) in [5.74, 6) is -0.705. The van der Waals surface area contributed by atoms with Crippen LogP contribution in [0, 0.1) is 5.92 Å². The summed E-state index contributed by atoms with van der Waals surface area (Å²) in [7, 11) is -7.67. The lowest BCUT2D eigenvalue weighted by Gasteiger charge is -2.43. The number of hydrogen-bond donors (Lipinski definition) is 0. The number of rotatable bonds is 16. The first-order valence-corrected chi connectivity index (χ1v) is 21.4. The standard InChI is InChI=1S/C29H44O6Si3/c1-8-28(30)32-21-15-23-36(4,5)34-38(26-17-11-9-12-18-26,27-19-13-10-14-20-27)35-37(6,7)24-16-22-33-29(31)25(2)3/h8-14,17-20,25H,1,15-16,21-24H2,2-7H3. The van der Waals surface area contributed by atoms with Crippen LogP contribution in [0.25, 0.3) is 0 Å². The summed E-state index contributed by atoms with van der Waals surface area (Å²) in [5.41, 5.74) is 0. The van der Waals surface area contributed by atoms with Gasteiger partial charge < -0.3 is 17.7 Å². The maximum Gasteiger partial charge on any atom is 0.386 e. The summed E-state index contributed by atoms with van der Waals surface area (Å²) in [6.07, 6.45) is 2.66. The molecule has 0 amide bonds. The van der Waals surface area contributed by atoms with Crippen LogP contribution < -0.4 is 10.4 Å². The summed E-state index contributed by atoms with van der Waals surface area (Å²) < 4.78 is 25.2. The van der Waals surface area contributed by atoms with Crippen LogP contribution in [-0.4, -0.2) is 50.3 Å². The van der Waals surface area contributed by atoms with E-state index in [2.05, 4.69) is 57.0 Å². The molecule has 9 heteroatoms. The molecule has 2 rings (SSSR count). The van der Waals surface area contributed by atoms with Gasteiger partial charge in [-0.2, -0.15) is 0 Å². The van der Waals surface area contributed by atoms with Crippen molar-refractivity contribution in [3.05, 3.63) is 73.3 Å². The van der Waals surface area contributed by atoms with Crippen LogP contribution in [0.5, 0.6) is 0 Å². The van der Waals surface area contributed by atoms with E-state index in [0.29, 0.717) is 13.2 Å². The minimum atomic E-state index is -3.12. The fraction of sp³-hybridized carbons (Fsp3) is 0.448. The van der Waals surface area contributed by atoms with E-state index in [4.69, 9.17) is 17.7 Å². The molecule has 0 fully saturated rings. The van der Waals surface area contributed by atoms with Gasteiger partial charge in [0.25, 0.3) is 0 Å². The largest absolute Gasteiger partial charge is 0.465 e. The van der Waals surface area contributed by atoms with E-state index >= 15 is 0 Å². The van der Waals surface area contributed by atoms with Gasteiger partial charge in [0.15, 0.2) is 16.6 Å². The number of hydrogen-bond acceptors (Lipinski definition) is 6. The summed E-state index contributed by atoms with van der Waals surface area (Å²) in [6, 6.07) is 22.3. The van der Waals surface area contributed by atoms with Crippen LogP contribution in [0.15, 0.2) is 73.3 Å². The summed E-state index contributed by atoms with van der Waals surface area (Å²) in [4.78, 5) is 23.4. The van der Waals surface area contributed by atoms with Gasteiger partial charge in [-0.1, -0.05) is 81.1 Å². The van der Waals surface area contributed by atoms with Gasteiger partial charge in [0.05, 0.1) is 19.1 Å². The van der Waals surface area contributed by atoms with Crippen LogP contribution in [-0.2, 0) is 27.3 Å². The predicted molar refractivity (Wildman–Crippen MR) is 161 cm³/mol. The van der Waals surface area contributed by atoms with E-state index in [9.17, 15) is 9.59 Å². The molecule has 0 atom stereocenters. The van der Waals surface area contributed by atoms with E-state index in [1.54, 1.807) is 0 Å². The molecule has 0 N–H and O–H groups in total. The minimum Gasteiger partial charge on any atom is -0.465 e. The fourth-order valence-electron chi connectivity index (χ4n) is 4.19. The van der Waals surface area contributed by atoms with Crippen molar-refractivity contribution in [1.29, 1.82) is 0 Å². The smallest absolute Gasteiger partial charge is 0.386 e. The normalized spacial score (nSPS) is 12.3. The molecule has 0 saturated heterocycles. The van der Waals surface area contributed by atoms with Gasteiger partial charge in [-0.25, -0.2) is 4.79 Å². The molecule has 0 bridgehead atoms. The summed E-state index contributed by atoms with van der Waals surface area (Å²) in [6.45, 7) is 16.7. The zero-order valence-electron chi connectivity index (χ0n) is 23.8. The Morgan fingerprint density at radius 3 is 1.58 bits per heavy atom. The molecule has 2 aromatic carbocycles. The topological polar surface area (TPSA) is 71.1 Å². The summed E-state index contributed by atoms with van der Waals surface area (Å²) >= 11 is 0. The van der Waals surface area contributed by atoms with Crippen molar-refractivity contribution in [3.63, 3.8) is 0 Å². The molecule has 0 heterocycles. The highest BCUT2D eigenvalue weighted by molar-refractivity contribution is 7.02. The average molecular weight is 573 g/mol. The first kappa shape index (κ1) is 31.9. The fourth-order valence-corrected chi connectivity index (χ4v) is 17.2. The molecular weight excluding hydrogens is 529 g/mol. The third kappa shape index (κ3) is 10.1. The first-order chi connectivity index (χ1) is 17.9. The molecule has 0 aromatic heterocycles. The molecule has 38 heavy (non-hydrogen) atoms. The maximum absolute atomic E-state index is 11.9. The second kappa shape index (κ2) is 14.7. The maximum atomic E-state index is 11.9. The summed E-state index contributed by atoms with van der Waals surface area (Å²) in [5, 5.41) is 2.16. The SMILES string of the molecule is C=CC(=O)OCCC[Si](C)(C)O[Si](O[Si](C)(C)CCCOC(=O)C(C)C)(c1ccccc1)c1ccccc1. The Morgan fingerprint density at radius 2 is 1.18 bits per heavy atom. The first-order valence-electron chi connectivity index (χ1n) is 13.4. The molecule has 0 saturated carbocycles. The van der Waals surface area contributed by atoms with Crippen molar-refractivity contribution in [2.45, 2.75) is 65.0 Å². The van der Waals surface area contributed by atoms with Gasteiger partial charge in [0.2, 0.25) is 0 Å². The van der Waals surface area contributed by atoms with Crippen molar-refractivity contribution < 1.29 is 27.3 Å². The molecule has 0 radical (unpaired) electrons. The Bertz CT molecular complexity index is 986. The molecule has 2 aromatic rings. The van der Waals surface area contributed by atoms with Gasteiger partial charge >= 0.3 is 20.5 Å². The Labute approximate surface area is 231 Å². The molecule has 0 aliphatic carbocycles. The third-order valence-electron chi connectivity index (χ3n) is 6.12. The highest BCUT2D eigenvalue weighted by Gasteiger charge is 2.50. The Morgan fingerprint density at radius 1 is 0.763 bits per heavy atom. The quantitative estimate of drug-likeness (QED) is 0.116. The van der Waals surface area contributed by atoms with Crippen molar-refractivity contribution in [3.8, 4) is 0 Å². The Balaban J connectivity index is 2.35. The number of carbonyl (C=O) groups excluding carboxylic acids is 2. The van der Waals surface area contributed by atoms with Gasteiger partial charge in [0.1, 0.15) is 0 Å². The number of ether oxygens (including phenoxy) is 2. The zero-order chi connectivity index (χ0) is 28.2. The number of benzene rings is 2. The van der Waals surface area contributed by atoms with Gasteiger partial charge in [-0.3, -0.25) is 4.79 Å². The molecule has 0 spiro atoms. The van der Waals surface area contributed by atoms with E-state index < -0.39 is 31.2 Å². The highest BCUT2D eigenvalue weighted by Crippen LogP contribution is 2.27. The third-order valence-corrected chi connectivity index (χ3v) is 18.1. The molecule has 0 unspecified atom stereocenters.